The maximum atomic E-state index is 2.23. The molecule has 1 aliphatic carbocycles. The smallest absolute Gasteiger partial charge is 1.00 e. The molecule has 0 amide bonds. The molecule has 0 nitrogen and oxygen atoms in total. The molecule has 4 heteroatoms. The molecule has 0 fully saturated rings. The van der Waals surface area contributed by atoms with E-state index >= 15 is 0 Å². The summed E-state index contributed by atoms with van der Waals surface area (Å²) in [6, 6.07) is 0. The Kier molecular flexibility index (Phi) is 37.7. The summed E-state index contributed by atoms with van der Waals surface area (Å²) in [5.74, 6) is 0. The van der Waals surface area contributed by atoms with Gasteiger partial charge in [0, 0.05) is 0 Å². The number of allylic oxidation sites excluding steroid dienone is 4. The Morgan fingerprint density at radius 1 is 0.667 bits per heavy atom. The molecule has 0 heterocycles. The van der Waals surface area contributed by atoms with Gasteiger partial charge in [0.15, 0.2) is 0 Å². The van der Waals surface area contributed by atoms with Crippen LogP contribution in [0.25, 0.3) is 0 Å². The number of hydrogen-bond donors (Lipinski definition) is 0. The summed E-state index contributed by atoms with van der Waals surface area (Å²) >= 11 is 0. The molecule has 0 aromatic heterocycles. The van der Waals surface area contributed by atoms with Crippen LogP contribution in [0.2, 0.25) is 0 Å². The van der Waals surface area contributed by atoms with E-state index in [-0.39, 0.29) is 92.0 Å². The molecule has 12 heavy (non-hydrogen) atoms. The summed E-state index contributed by atoms with van der Waals surface area (Å²) in [6.07, 6.45) is 14.0. The minimum atomic E-state index is 0. The van der Waals surface area contributed by atoms with Gasteiger partial charge in [0.2, 0.25) is 0 Å². The van der Waals surface area contributed by atoms with Crippen molar-refractivity contribution in [3.05, 3.63) is 24.3 Å². The molecule has 0 bridgehead atoms. The third-order valence-corrected chi connectivity index (χ3v) is 1.37. The monoisotopic (exact) mass is 682 g/mol. The van der Waals surface area contributed by atoms with Crippen LogP contribution in [0, 0.1) is 0 Å². The van der Waals surface area contributed by atoms with Gasteiger partial charge in [-0.1, -0.05) is 24.3 Å². The molecular weight excluding hydrogens is 669 g/mol. The first-order valence-corrected chi connectivity index (χ1v) is 3.32. The van der Waals surface area contributed by atoms with E-state index in [1.165, 1.54) is 25.7 Å². The maximum Gasteiger partial charge on any atom is 3.00 e. The van der Waals surface area contributed by atoms with Crippen LogP contribution in [0.15, 0.2) is 24.3 Å². The van der Waals surface area contributed by atoms with Crippen molar-refractivity contribution in [1.82, 2.24) is 0 Å². The van der Waals surface area contributed by atoms with Crippen molar-refractivity contribution in [2.75, 3.05) is 0 Å². The average molecular weight is 681 g/mol. The van der Waals surface area contributed by atoms with Crippen molar-refractivity contribution in [2.45, 2.75) is 25.7 Å². The minimum Gasteiger partial charge on any atom is -1.00 e. The Hall–Kier alpha value is 2.32. The molecule has 1 aliphatic rings. The second kappa shape index (κ2) is 19.0. The van der Waals surface area contributed by atoms with Crippen molar-refractivity contribution < 1.29 is 92.0 Å². The summed E-state index contributed by atoms with van der Waals surface area (Å²) < 4.78 is 0. The van der Waals surface area contributed by atoms with Gasteiger partial charge >= 0.3 is 20.1 Å². The van der Waals surface area contributed by atoms with Crippen LogP contribution >= 0.6 is 0 Å². The third kappa shape index (κ3) is 14.8. The fraction of sp³-hybridized carbons (Fsp3) is 0.500. The Balaban J connectivity index is -0.0000000800. The quantitative estimate of drug-likeness (QED) is 0.224. The van der Waals surface area contributed by atoms with Crippen LogP contribution in [0.4, 0.5) is 0 Å². The van der Waals surface area contributed by atoms with Crippen LogP contribution < -0.4 is 71.9 Å². The first kappa shape index (κ1) is 23.9. The molecule has 0 spiro atoms. The summed E-state index contributed by atoms with van der Waals surface area (Å²) in [5.41, 5.74) is 0. The Morgan fingerprint density at radius 3 is 1.33 bits per heavy atom. The molecular formula is C8H12I3Ir. The second-order valence-electron chi connectivity index (χ2n) is 2.14. The van der Waals surface area contributed by atoms with Gasteiger partial charge in [-0.3, -0.25) is 0 Å². The number of hydrogen-bond acceptors (Lipinski definition) is 0. The standard InChI is InChI=1S/C8H12.3HI.Ir/c1-2-4-6-8-7-5-3-1;;;;/h1-4H,5-8H2;3*1H;/q;;;;+3/p-3. The molecule has 0 N–H and O–H groups in total. The Bertz CT molecular complexity index is 98.9. The SMILES string of the molecule is C1=CCCCCC=C1.[I-].[I-].[I-].[Ir+3]. The van der Waals surface area contributed by atoms with Gasteiger partial charge in [-0.05, 0) is 25.7 Å². The van der Waals surface area contributed by atoms with E-state index in [2.05, 4.69) is 24.3 Å². The fourth-order valence-electron chi connectivity index (χ4n) is 0.874. The molecule has 0 radical (unpaired) electrons. The molecule has 0 aromatic rings. The normalized spacial score (nSPS) is 13.3. The number of rotatable bonds is 0. The van der Waals surface area contributed by atoms with Gasteiger partial charge in [0.1, 0.15) is 0 Å². The van der Waals surface area contributed by atoms with Crippen LogP contribution in [0.1, 0.15) is 25.7 Å². The Morgan fingerprint density at radius 2 is 1.00 bits per heavy atom. The molecule has 0 saturated heterocycles. The molecule has 0 saturated carbocycles. The van der Waals surface area contributed by atoms with E-state index in [9.17, 15) is 0 Å². The van der Waals surface area contributed by atoms with Crippen molar-refractivity contribution in [3.8, 4) is 0 Å². The van der Waals surface area contributed by atoms with Crippen LogP contribution in [0.3, 0.4) is 0 Å². The molecule has 74 valence electrons. The van der Waals surface area contributed by atoms with Gasteiger partial charge < -0.3 is 71.9 Å². The molecule has 1 rings (SSSR count). The summed E-state index contributed by atoms with van der Waals surface area (Å²) in [5, 5.41) is 0. The predicted molar refractivity (Wildman–Crippen MR) is 36.7 cm³/mol. The van der Waals surface area contributed by atoms with Gasteiger partial charge in [-0.15, -0.1) is 0 Å². The summed E-state index contributed by atoms with van der Waals surface area (Å²) in [6.45, 7) is 0. The Labute approximate surface area is 140 Å². The topological polar surface area (TPSA) is 0 Å². The van der Waals surface area contributed by atoms with Gasteiger partial charge in [-0.25, -0.2) is 0 Å². The van der Waals surface area contributed by atoms with Crippen molar-refractivity contribution >= 4 is 0 Å². The number of halogens is 3. The minimum absolute atomic E-state index is 0. The maximum absolute atomic E-state index is 2.23. The zero-order valence-corrected chi connectivity index (χ0v) is 15.5. The van der Waals surface area contributed by atoms with E-state index in [4.69, 9.17) is 0 Å². The van der Waals surface area contributed by atoms with Gasteiger partial charge in [0.05, 0.1) is 0 Å². The zero-order chi connectivity index (χ0) is 5.66. The first-order chi connectivity index (χ1) is 4.00. The van der Waals surface area contributed by atoms with Crippen molar-refractivity contribution in [3.63, 3.8) is 0 Å². The summed E-state index contributed by atoms with van der Waals surface area (Å²) in [4.78, 5) is 0. The molecule has 0 unspecified atom stereocenters. The zero-order valence-electron chi connectivity index (χ0n) is 6.61. The fourth-order valence-corrected chi connectivity index (χ4v) is 0.874. The first-order valence-electron chi connectivity index (χ1n) is 3.32. The van der Waals surface area contributed by atoms with Gasteiger partial charge in [-0.2, -0.15) is 0 Å². The third-order valence-electron chi connectivity index (χ3n) is 1.37. The van der Waals surface area contributed by atoms with Crippen molar-refractivity contribution in [2.24, 2.45) is 0 Å². The van der Waals surface area contributed by atoms with E-state index in [0.717, 1.165) is 0 Å². The predicted octanol–water partition coefficient (Wildman–Crippen LogP) is -6.32. The molecule has 0 atom stereocenters. The van der Waals surface area contributed by atoms with Crippen LogP contribution in [-0.2, 0) is 20.1 Å². The van der Waals surface area contributed by atoms with Gasteiger partial charge in [0.25, 0.3) is 0 Å². The van der Waals surface area contributed by atoms with Crippen molar-refractivity contribution in [1.29, 1.82) is 0 Å². The van der Waals surface area contributed by atoms with Crippen LogP contribution in [0.5, 0.6) is 0 Å². The molecule has 0 aliphatic heterocycles. The van der Waals surface area contributed by atoms with E-state index in [1.54, 1.807) is 0 Å². The van der Waals surface area contributed by atoms with Crippen LogP contribution in [-0.4, -0.2) is 0 Å². The summed E-state index contributed by atoms with van der Waals surface area (Å²) in [7, 11) is 0. The van der Waals surface area contributed by atoms with E-state index in [1.807, 2.05) is 0 Å². The second-order valence-corrected chi connectivity index (χ2v) is 2.14. The largest absolute Gasteiger partial charge is 3.00 e. The van der Waals surface area contributed by atoms with E-state index < -0.39 is 0 Å². The van der Waals surface area contributed by atoms with E-state index in [0.29, 0.717) is 0 Å². The average Bonchev–Trinajstić information content (AvgIpc) is 1.62. The molecule has 0 aromatic carbocycles.